The zero-order valence-electron chi connectivity index (χ0n) is 13.7. The second-order valence-electron chi connectivity index (χ2n) is 7.34. The fourth-order valence-corrected chi connectivity index (χ4v) is 3.45. The van der Waals surface area contributed by atoms with Gasteiger partial charge in [-0.3, -0.25) is 4.90 Å². The number of methoxy groups -OCH3 is 1. The highest BCUT2D eigenvalue weighted by molar-refractivity contribution is 4.96. The van der Waals surface area contributed by atoms with Crippen LogP contribution in [0, 0.1) is 11.3 Å². The first-order valence-corrected chi connectivity index (χ1v) is 7.76. The highest BCUT2D eigenvalue weighted by atomic mass is 16.5. The third-order valence-electron chi connectivity index (χ3n) is 5.17. The van der Waals surface area contributed by atoms with Gasteiger partial charge in [-0.2, -0.15) is 0 Å². The fraction of sp³-hybridized carbons (Fsp3) is 1.00. The molecule has 0 amide bonds. The SMILES string of the molecule is COCCCN(C)C1(CN)CCC(C(C)(C)C)CC1. The van der Waals surface area contributed by atoms with E-state index < -0.39 is 0 Å². The Bertz CT molecular complexity index is 252. The standard InChI is InChI=1S/C16H34N2O/c1-15(2,3)14-7-9-16(13-17,10-8-14)18(4)11-6-12-19-5/h14H,6-13,17H2,1-5H3. The summed E-state index contributed by atoms with van der Waals surface area (Å²) in [5.74, 6) is 0.847. The van der Waals surface area contributed by atoms with Crippen molar-refractivity contribution in [3.63, 3.8) is 0 Å². The topological polar surface area (TPSA) is 38.5 Å². The van der Waals surface area contributed by atoms with Crippen molar-refractivity contribution in [2.24, 2.45) is 17.1 Å². The van der Waals surface area contributed by atoms with Crippen molar-refractivity contribution in [3.05, 3.63) is 0 Å². The van der Waals surface area contributed by atoms with E-state index in [-0.39, 0.29) is 5.54 Å². The van der Waals surface area contributed by atoms with Gasteiger partial charge >= 0.3 is 0 Å². The predicted octanol–water partition coefficient (Wildman–Crippen LogP) is 2.89. The summed E-state index contributed by atoms with van der Waals surface area (Å²) in [5.41, 5.74) is 6.80. The molecule has 1 aliphatic carbocycles. The highest BCUT2D eigenvalue weighted by Gasteiger charge is 2.40. The first kappa shape index (κ1) is 16.9. The van der Waals surface area contributed by atoms with Crippen molar-refractivity contribution < 1.29 is 4.74 Å². The Morgan fingerprint density at radius 3 is 2.26 bits per heavy atom. The number of likely N-dealkylation sites (N-methyl/N-ethyl adjacent to an activating group) is 1. The molecule has 0 aliphatic heterocycles. The molecule has 2 N–H and O–H groups in total. The van der Waals surface area contributed by atoms with Crippen LogP contribution in [0.4, 0.5) is 0 Å². The second kappa shape index (κ2) is 7.05. The molecule has 1 saturated carbocycles. The summed E-state index contributed by atoms with van der Waals surface area (Å²) in [6.45, 7) is 9.83. The molecule has 0 spiro atoms. The lowest BCUT2D eigenvalue weighted by atomic mass is 9.67. The van der Waals surface area contributed by atoms with Crippen molar-refractivity contribution in [2.45, 2.75) is 58.4 Å². The normalized spacial score (nSPS) is 28.9. The van der Waals surface area contributed by atoms with Crippen LogP contribution in [0.2, 0.25) is 0 Å². The predicted molar refractivity (Wildman–Crippen MR) is 82.3 cm³/mol. The summed E-state index contributed by atoms with van der Waals surface area (Å²) in [6.07, 6.45) is 6.21. The van der Waals surface area contributed by atoms with Crippen molar-refractivity contribution in [1.82, 2.24) is 4.90 Å². The van der Waals surface area contributed by atoms with Gasteiger partial charge in [0.05, 0.1) is 0 Å². The van der Waals surface area contributed by atoms with Gasteiger partial charge in [0, 0.05) is 32.3 Å². The Morgan fingerprint density at radius 1 is 1.26 bits per heavy atom. The van der Waals surface area contributed by atoms with E-state index >= 15 is 0 Å². The molecule has 0 aromatic rings. The Labute approximate surface area is 119 Å². The Morgan fingerprint density at radius 2 is 1.84 bits per heavy atom. The number of ether oxygens (including phenoxy) is 1. The second-order valence-corrected chi connectivity index (χ2v) is 7.34. The van der Waals surface area contributed by atoms with E-state index in [2.05, 4.69) is 32.7 Å². The van der Waals surface area contributed by atoms with Crippen LogP contribution in [0.25, 0.3) is 0 Å². The fourth-order valence-electron chi connectivity index (χ4n) is 3.45. The van der Waals surface area contributed by atoms with Crippen molar-refractivity contribution in [1.29, 1.82) is 0 Å². The number of nitrogens with two attached hydrogens (primary N) is 1. The van der Waals surface area contributed by atoms with Gasteiger partial charge in [0.25, 0.3) is 0 Å². The van der Waals surface area contributed by atoms with E-state index in [0.29, 0.717) is 5.41 Å². The molecule has 1 rings (SSSR count). The van der Waals surface area contributed by atoms with Crippen LogP contribution in [-0.2, 0) is 4.74 Å². The molecular weight excluding hydrogens is 236 g/mol. The summed E-state index contributed by atoms with van der Waals surface area (Å²) >= 11 is 0. The van der Waals surface area contributed by atoms with Crippen LogP contribution in [0.5, 0.6) is 0 Å². The summed E-state index contributed by atoms with van der Waals surface area (Å²) in [4.78, 5) is 2.49. The molecule has 0 radical (unpaired) electrons. The van der Waals surface area contributed by atoms with E-state index in [9.17, 15) is 0 Å². The lowest BCUT2D eigenvalue weighted by Gasteiger charge is -2.48. The molecule has 0 unspecified atom stereocenters. The average Bonchev–Trinajstić information content (AvgIpc) is 2.38. The van der Waals surface area contributed by atoms with Gasteiger partial charge in [0.2, 0.25) is 0 Å². The van der Waals surface area contributed by atoms with Crippen molar-refractivity contribution in [3.8, 4) is 0 Å². The first-order chi connectivity index (χ1) is 8.85. The minimum absolute atomic E-state index is 0.232. The van der Waals surface area contributed by atoms with Gasteiger partial charge in [0.15, 0.2) is 0 Å². The van der Waals surface area contributed by atoms with Crippen LogP contribution >= 0.6 is 0 Å². The Hall–Kier alpha value is -0.120. The molecule has 0 heterocycles. The molecule has 1 aliphatic rings. The van der Waals surface area contributed by atoms with Gasteiger partial charge < -0.3 is 10.5 Å². The molecular formula is C16H34N2O. The minimum atomic E-state index is 0.232. The molecule has 0 bridgehead atoms. The first-order valence-electron chi connectivity index (χ1n) is 7.76. The Kier molecular flexibility index (Phi) is 6.28. The molecule has 3 heteroatoms. The number of rotatable bonds is 6. The van der Waals surface area contributed by atoms with Gasteiger partial charge in [0.1, 0.15) is 0 Å². The van der Waals surface area contributed by atoms with Crippen LogP contribution in [0.15, 0.2) is 0 Å². The molecule has 0 aromatic carbocycles. The van der Waals surface area contributed by atoms with E-state index in [4.69, 9.17) is 10.5 Å². The summed E-state index contributed by atoms with van der Waals surface area (Å²) in [6, 6.07) is 0. The number of hydrogen-bond acceptors (Lipinski definition) is 3. The summed E-state index contributed by atoms with van der Waals surface area (Å²) in [7, 11) is 4.01. The van der Waals surface area contributed by atoms with Crippen LogP contribution < -0.4 is 5.73 Å². The van der Waals surface area contributed by atoms with E-state index in [1.807, 2.05) is 0 Å². The molecule has 19 heavy (non-hydrogen) atoms. The molecule has 0 aromatic heterocycles. The zero-order chi connectivity index (χ0) is 14.5. The van der Waals surface area contributed by atoms with Crippen LogP contribution in [0.1, 0.15) is 52.9 Å². The maximum atomic E-state index is 6.12. The monoisotopic (exact) mass is 270 g/mol. The molecule has 3 nitrogen and oxygen atoms in total. The highest BCUT2D eigenvalue weighted by Crippen LogP contribution is 2.42. The van der Waals surface area contributed by atoms with Gasteiger partial charge in [-0.1, -0.05) is 20.8 Å². The van der Waals surface area contributed by atoms with E-state index in [1.54, 1.807) is 7.11 Å². The maximum Gasteiger partial charge on any atom is 0.0474 e. The Balaban J connectivity index is 2.54. The largest absolute Gasteiger partial charge is 0.385 e. The van der Waals surface area contributed by atoms with Crippen molar-refractivity contribution >= 4 is 0 Å². The quantitative estimate of drug-likeness (QED) is 0.754. The summed E-state index contributed by atoms with van der Waals surface area (Å²) in [5, 5.41) is 0. The number of hydrogen-bond donors (Lipinski definition) is 1. The third-order valence-corrected chi connectivity index (χ3v) is 5.17. The molecule has 114 valence electrons. The van der Waals surface area contributed by atoms with Gasteiger partial charge in [-0.25, -0.2) is 0 Å². The van der Waals surface area contributed by atoms with Gasteiger partial charge in [-0.15, -0.1) is 0 Å². The van der Waals surface area contributed by atoms with Crippen LogP contribution in [-0.4, -0.2) is 44.3 Å². The zero-order valence-corrected chi connectivity index (χ0v) is 13.7. The van der Waals surface area contributed by atoms with E-state index in [1.165, 1.54) is 25.7 Å². The van der Waals surface area contributed by atoms with Crippen molar-refractivity contribution in [2.75, 3.05) is 33.9 Å². The number of nitrogens with zero attached hydrogens (tertiary/aromatic N) is 1. The molecule has 0 atom stereocenters. The maximum absolute atomic E-state index is 6.12. The molecule has 1 fully saturated rings. The average molecular weight is 270 g/mol. The smallest absolute Gasteiger partial charge is 0.0474 e. The lowest BCUT2D eigenvalue weighted by Crippen LogP contribution is -2.55. The lowest BCUT2D eigenvalue weighted by molar-refractivity contribution is 0.0333. The third kappa shape index (κ3) is 4.44. The van der Waals surface area contributed by atoms with Crippen LogP contribution in [0.3, 0.4) is 0 Å². The minimum Gasteiger partial charge on any atom is -0.385 e. The van der Waals surface area contributed by atoms with Gasteiger partial charge in [-0.05, 0) is 50.5 Å². The molecule has 0 saturated heterocycles. The summed E-state index contributed by atoms with van der Waals surface area (Å²) < 4.78 is 5.15. The van der Waals surface area contributed by atoms with E-state index in [0.717, 1.165) is 32.0 Å².